The molecule has 0 aromatic rings. The molecule has 0 fully saturated rings. The highest BCUT2D eigenvalue weighted by Crippen LogP contribution is 2.31. The molecule has 0 saturated heterocycles. The molecule has 0 radical (unpaired) electrons. The third-order valence-corrected chi connectivity index (χ3v) is 2.22. The Labute approximate surface area is 84.7 Å². The van der Waals surface area contributed by atoms with Crippen LogP contribution in [0.3, 0.4) is 0 Å². The van der Waals surface area contributed by atoms with Gasteiger partial charge in [-0.3, -0.25) is 4.99 Å². The van der Waals surface area contributed by atoms with Crippen LogP contribution >= 0.6 is 11.6 Å². The van der Waals surface area contributed by atoms with Crippen molar-refractivity contribution in [3.8, 4) is 12.3 Å². The van der Waals surface area contributed by atoms with Crippen LogP contribution in [0.5, 0.6) is 0 Å². The van der Waals surface area contributed by atoms with Crippen molar-refractivity contribution in [2.75, 3.05) is 0 Å². The maximum absolute atomic E-state index is 12.1. The Morgan fingerprint density at radius 2 is 2.21 bits per heavy atom. The van der Waals surface area contributed by atoms with Gasteiger partial charge in [-0.05, 0) is 6.08 Å². The first-order valence-electron chi connectivity index (χ1n) is 3.86. The van der Waals surface area contributed by atoms with Crippen LogP contribution in [0.2, 0.25) is 0 Å². The van der Waals surface area contributed by atoms with Crippen LogP contribution < -0.4 is 0 Å². The highest BCUT2D eigenvalue weighted by molar-refractivity contribution is 6.23. The zero-order valence-electron chi connectivity index (χ0n) is 7.05. The van der Waals surface area contributed by atoms with E-state index in [4.69, 9.17) is 18.0 Å². The summed E-state index contributed by atoms with van der Waals surface area (Å²) in [4.78, 5) is 3.28. The van der Waals surface area contributed by atoms with E-state index in [-0.39, 0.29) is 5.92 Å². The Kier molecular flexibility index (Phi) is 3.22. The molecule has 2 unspecified atom stereocenters. The molecule has 0 amide bonds. The Morgan fingerprint density at radius 1 is 1.57 bits per heavy atom. The second-order valence-corrected chi connectivity index (χ2v) is 3.35. The molecule has 0 spiro atoms. The molecule has 14 heavy (non-hydrogen) atoms. The van der Waals surface area contributed by atoms with Crippen molar-refractivity contribution in [2.45, 2.75) is 18.0 Å². The van der Waals surface area contributed by atoms with Crippen molar-refractivity contribution >= 4 is 17.8 Å². The molecule has 76 valence electrons. The third kappa shape index (κ3) is 2.52. The number of nitrogens with zero attached hydrogens (tertiary/aromatic N) is 1. The molecule has 1 aliphatic rings. The normalized spacial score (nSPS) is 26.9. The highest BCUT2D eigenvalue weighted by atomic mass is 35.5. The van der Waals surface area contributed by atoms with Gasteiger partial charge in [0.25, 0.3) is 0 Å². The van der Waals surface area contributed by atoms with Gasteiger partial charge in [0.2, 0.25) is 0 Å². The van der Waals surface area contributed by atoms with E-state index in [1.54, 1.807) is 0 Å². The first-order chi connectivity index (χ1) is 6.45. The fraction of sp³-hybridized carbons (Fsp3) is 0.444. The average Bonchev–Trinajstić information content (AvgIpc) is 2.07. The highest BCUT2D eigenvalue weighted by Gasteiger charge is 2.36. The number of hydrogen-bond acceptors (Lipinski definition) is 1. The van der Waals surface area contributed by atoms with Crippen molar-refractivity contribution in [3.05, 3.63) is 11.8 Å². The van der Waals surface area contributed by atoms with Gasteiger partial charge in [0.1, 0.15) is 5.70 Å². The summed E-state index contributed by atoms with van der Waals surface area (Å²) in [5, 5.41) is -0.736. The van der Waals surface area contributed by atoms with Gasteiger partial charge in [-0.2, -0.15) is 13.2 Å². The van der Waals surface area contributed by atoms with Gasteiger partial charge in [0.05, 0.1) is 5.38 Å². The lowest BCUT2D eigenvalue weighted by Crippen LogP contribution is -2.22. The molecule has 0 aromatic carbocycles. The maximum Gasteiger partial charge on any atom is 0.433 e. The van der Waals surface area contributed by atoms with Crippen LogP contribution in [-0.4, -0.2) is 17.8 Å². The predicted molar refractivity (Wildman–Crippen MR) is 49.2 cm³/mol. The van der Waals surface area contributed by atoms with Crippen LogP contribution in [0.1, 0.15) is 6.42 Å². The monoisotopic (exact) mass is 221 g/mol. The smallest absolute Gasteiger partial charge is 0.256 e. The Hall–Kier alpha value is -0.950. The fourth-order valence-electron chi connectivity index (χ4n) is 1.04. The standard InChI is InChI=1S/C9H7ClF3N/c1-2-3-6-5-14-8(4-7(6)10)9(11,12)13/h1,4-7H,3H2. The lowest BCUT2D eigenvalue weighted by molar-refractivity contribution is -0.0927. The fourth-order valence-corrected chi connectivity index (χ4v) is 1.32. The summed E-state index contributed by atoms with van der Waals surface area (Å²) in [5.41, 5.74) is -0.953. The predicted octanol–water partition coefficient (Wildman–Crippen LogP) is 2.76. The van der Waals surface area contributed by atoms with E-state index < -0.39 is 17.3 Å². The molecule has 2 atom stereocenters. The van der Waals surface area contributed by atoms with Crippen molar-refractivity contribution < 1.29 is 13.2 Å². The van der Waals surface area contributed by atoms with Crippen LogP contribution in [0.25, 0.3) is 0 Å². The lowest BCUT2D eigenvalue weighted by atomic mass is 10.00. The molecule has 0 N–H and O–H groups in total. The summed E-state index contributed by atoms with van der Waals surface area (Å²) >= 11 is 5.70. The topological polar surface area (TPSA) is 12.4 Å². The van der Waals surface area contributed by atoms with Crippen LogP contribution in [0.4, 0.5) is 13.2 Å². The molecule has 1 aliphatic heterocycles. The number of hydrogen-bond donors (Lipinski definition) is 0. The zero-order chi connectivity index (χ0) is 10.8. The number of allylic oxidation sites excluding steroid dienone is 2. The van der Waals surface area contributed by atoms with Gasteiger partial charge in [-0.1, -0.05) is 0 Å². The maximum atomic E-state index is 12.1. The van der Waals surface area contributed by atoms with E-state index in [9.17, 15) is 13.2 Å². The van der Waals surface area contributed by atoms with Crippen molar-refractivity contribution in [2.24, 2.45) is 10.9 Å². The molecule has 1 nitrogen and oxygen atoms in total. The van der Waals surface area contributed by atoms with Gasteiger partial charge in [0.15, 0.2) is 0 Å². The number of halogens is 4. The van der Waals surface area contributed by atoms with Gasteiger partial charge in [-0.25, -0.2) is 0 Å². The molecule has 0 bridgehead atoms. The number of aliphatic imine (C=N–C) groups is 1. The van der Waals surface area contributed by atoms with E-state index in [0.717, 1.165) is 6.08 Å². The minimum Gasteiger partial charge on any atom is -0.256 e. The van der Waals surface area contributed by atoms with Crippen molar-refractivity contribution in [1.29, 1.82) is 0 Å². The molecule has 1 rings (SSSR count). The van der Waals surface area contributed by atoms with Crippen molar-refractivity contribution in [1.82, 2.24) is 0 Å². The third-order valence-electron chi connectivity index (χ3n) is 1.78. The van der Waals surface area contributed by atoms with Gasteiger partial charge in [-0.15, -0.1) is 23.9 Å². The molecule has 1 heterocycles. The summed E-state index contributed by atoms with van der Waals surface area (Å²) in [5.74, 6) is 2.02. The number of rotatable bonds is 1. The van der Waals surface area contributed by atoms with E-state index in [1.165, 1.54) is 6.21 Å². The first kappa shape index (κ1) is 11.1. The largest absolute Gasteiger partial charge is 0.433 e. The van der Waals surface area contributed by atoms with Crippen LogP contribution in [-0.2, 0) is 0 Å². The summed E-state index contributed by atoms with van der Waals surface area (Å²) in [6, 6.07) is 0. The molecule has 5 heteroatoms. The summed E-state index contributed by atoms with van der Waals surface area (Å²) in [7, 11) is 0. The van der Waals surface area contributed by atoms with Crippen LogP contribution in [0, 0.1) is 18.3 Å². The number of terminal acetylenes is 1. The molecule has 0 saturated carbocycles. The summed E-state index contributed by atoms with van der Waals surface area (Å²) in [6.45, 7) is 0. The minimum absolute atomic E-state index is 0.291. The van der Waals surface area contributed by atoms with Crippen LogP contribution in [0.15, 0.2) is 16.8 Å². The van der Waals surface area contributed by atoms with Gasteiger partial charge < -0.3 is 0 Å². The van der Waals surface area contributed by atoms with E-state index in [0.29, 0.717) is 6.42 Å². The van der Waals surface area contributed by atoms with Gasteiger partial charge in [0, 0.05) is 18.6 Å². The molecular formula is C9H7ClF3N. The molecule has 0 aromatic heterocycles. The average molecular weight is 222 g/mol. The first-order valence-corrected chi connectivity index (χ1v) is 4.29. The SMILES string of the molecule is C#CCC1C=NC(C(F)(F)F)=CC1Cl. The minimum atomic E-state index is -4.44. The second kappa shape index (κ2) is 4.05. The number of alkyl halides is 4. The van der Waals surface area contributed by atoms with E-state index >= 15 is 0 Å². The zero-order valence-corrected chi connectivity index (χ0v) is 7.81. The quantitative estimate of drug-likeness (QED) is 0.477. The van der Waals surface area contributed by atoms with E-state index in [1.807, 2.05) is 0 Å². The summed E-state index contributed by atoms with van der Waals surface area (Å²) in [6.07, 6.45) is 2.94. The second-order valence-electron chi connectivity index (χ2n) is 2.84. The lowest BCUT2D eigenvalue weighted by Gasteiger charge is -2.19. The van der Waals surface area contributed by atoms with Gasteiger partial charge >= 0.3 is 6.18 Å². The summed E-state index contributed by atoms with van der Waals surface area (Å²) < 4.78 is 36.4. The Morgan fingerprint density at radius 3 is 2.64 bits per heavy atom. The van der Waals surface area contributed by atoms with E-state index in [2.05, 4.69) is 10.9 Å². The Balaban J connectivity index is 2.78. The van der Waals surface area contributed by atoms with Crippen molar-refractivity contribution in [3.63, 3.8) is 0 Å². The Bertz CT molecular complexity index is 311. The molecule has 0 aliphatic carbocycles. The molecular weight excluding hydrogens is 215 g/mol.